The summed E-state index contributed by atoms with van der Waals surface area (Å²) in [6.07, 6.45) is 0.279. The molecule has 1 aromatic heterocycles. The molecule has 2 N–H and O–H groups in total. The van der Waals surface area contributed by atoms with E-state index in [4.69, 9.17) is 9.84 Å². The van der Waals surface area contributed by atoms with E-state index in [-0.39, 0.29) is 0 Å². The number of halogens is 1. The Bertz CT molecular complexity index is 533. The van der Waals surface area contributed by atoms with Gasteiger partial charge >= 0.3 is 5.69 Å². The lowest BCUT2D eigenvalue weighted by Gasteiger charge is -2.13. The SMILES string of the molecule is O=c1ccn([C@@H]2C=C(F)[C@H](CO)O2)c(=O)[nH]1. The monoisotopic (exact) mass is 228 g/mol. The van der Waals surface area contributed by atoms with Crippen LogP contribution in [0.25, 0.3) is 0 Å². The van der Waals surface area contributed by atoms with E-state index in [9.17, 15) is 14.0 Å². The summed E-state index contributed by atoms with van der Waals surface area (Å²) in [7, 11) is 0. The van der Waals surface area contributed by atoms with Gasteiger partial charge in [-0.2, -0.15) is 0 Å². The van der Waals surface area contributed by atoms with E-state index >= 15 is 0 Å². The molecule has 1 aromatic rings. The molecule has 1 aliphatic rings. The molecule has 2 atom stereocenters. The molecule has 0 unspecified atom stereocenters. The fourth-order valence-electron chi connectivity index (χ4n) is 1.42. The number of ether oxygens (including phenoxy) is 1. The van der Waals surface area contributed by atoms with E-state index in [2.05, 4.69) is 0 Å². The minimum Gasteiger partial charge on any atom is -0.393 e. The van der Waals surface area contributed by atoms with Crippen molar-refractivity contribution in [1.82, 2.24) is 9.55 Å². The minimum atomic E-state index is -1.05. The van der Waals surface area contributed by atoms with Crippen molar-refractivity contribution in [3.63, 3.8) is 0 Å². The van der Waals surface area contributed by atoms with Crippen molar-refractivity contribution < 1.29 is 14.2 Å². The van der Waals surface area contributed by atoms with Crippen LogP contribution in [0, 0.1) is 0 Å². The zero-order valence-electron chi connectivity index (χ0n) is 8.09. The van der Waals surface area contributed by atoms with E-state index in [0.717, 1.165) is 16.7 Å². The molecular weight excluding hydrogens is 219 g/mol. The maximum Gasteiger partial charge on any atom is 0.330 e. The van der Waals surface area contributed by atoms with Crippen molar-refractivity contribution in [2.24, 2.45) is 0 Å². The second kappa shape index (κ2) is 4.03. The highest BCUT2D eigenvalue weighted by Crippen LogP contribution is 2.26. The van der Waals surface area contributed by atoms with Gasteiger partial charge in [0, 0.05) is 12.3 Å². The van der Waals surface area contributed by atoms with E-state index in [0.29, 0.717) is 0 Å². The van der Waals surface area contributed by atoms with Gasteiger partial charge in [0.25, 0.3) is 5.56 Å². The first-order valence-electron chi connectivity index (χ1n) is 4.57. The average Bonchev–Trinajstić information content (AvgIpc) is 2.59. The van der Waals surface area contributed by atoms with Crippen molar-refractivity contribution in [3.8, 4) is 0 Å². The lowest BCUT2D eigenvalue weighted by Crippen LogP contribution is -2.31. The molecule has 7 heteroatoms. The maximum atomic E-state index is 13.1. The molecule has 0 saturated heterocycles. The number of nitrogens with zero attached hydrogens (tertiary/aromatic N) is 1. The fourth-order valence-corrected chi connectivity index (χ4v) is 1.42. The van der Waals surface area contributed by atoms with Gasteiger partial charge in [0.2, 0.25) is 0 Å². The van der Waals surface area contributed by atoms with Crippen LogP contribution in [0.5, 0.6) is 0 Å². The number of hydrogen-bond acceptors (Lipinski definition) is 4. The van der Waals surface area contributed by atoms with Gasteiger partial charge in [0.1, 0.15) is 11.9 Å². The number of aromatic nitrogens is 2. The number of aromatic amines is 1. The van der Waals surface area contributed by atoms with Gasteiger partial charge in [-0.3, -0.25) is 14.3 Å². The Morgan fingerprint density at radius 3 is 2.88 bits per heavy atom. The van der Waals surface area contributed by atoms with Crippen LogP contribution < -0.4 is 11.2 Å². The smallest absolute Gasteiger partial charge is 0.330 e. The number of aliphatic hydroxyl groups excluding tert-OH is 1. The van der Waals surface area contributed by atoms with Crippen LogP contribution >= 0.6 is 0 Å². The number of H-pyrrole nitrogens is 1. The first-order chi connectivity index (χ1) is 7.61. The molecule has 0 radical (unpaired) electrons. The molecule has 0 spiro atoms. The van der Waals surface area contributed by atoms with E-state index in [1.807, 2.05) is 4.98 Å². The van der Waals surface area contributed by atoms with Gasteiger partial charge < -0.3 is 9.84 Å². The van der Waals surface area contributed by atoms with Crippen LogP contribution in [0.2, 0.25) is 0 Å². The summed E-state index contributed by atoms with van der Waals surface area (Å²) < 4.78 is 19.2. The topological polar surface area (TPSA) is 84.3 Å². The van der Waals surface area contributed by atoms with Gasteiger partial charge in [0.15, 0.2) is 6.23 Å². The Morgan fingerprint density at radius 1 is 1.56 bits per heavy atom. The zero-order valence-corrected chi connectivity index (χ0v) is 8.09. The van der Waals surface area contributed by atoms with Crippen LogP contribution in [0.15, 0.2) is 33.8 Å². The molecule has 0 aromatic carbocycles. The summed E-state index contributed by atoms with van der Waals surface area (Å²) in [6.45, 7) is -0.503. The van der Waals surface area contributed by atoms with Gasteiger partial charge in [-0.05, 0) is 6.08 Å². The Morgan fingerprint density at radius 2 is 2.31 bits per heavy atom. The lowest BCUT2D eigenvalue weighted by molar-refractivity contribution is -0.0199. The molecule has 0 amide bonds. The molecule has 6 nitrogen and oxygen atoms in total. The molecule has 86 valence electrons. The van der Waals surface area contributed by atoms with Crippen molar-refractivity contribution in [1.29, 1.82) is 0 Å². The first kappa shape index (κ1) is 10.8. The highest BCUT2D eigenvalue weighted by atomic mass is 19.1. The molecule has 2 heterocycles. The van der Waals surface area contributed by atoms with Crippen LogP contribution in [-0.2, 0) is 4.74 Å². The molecule has 2 rings (SSSR count). The van der Waals surface area contributed by atoms with Gasteiger partial charge in [-0.1, -0.05) is 0 Å². The molecule has 1 aliphatic heterocycles. The fraction of sp³-hybridized carbons (Fsp3) is 0.333. The summed E-state index contributed by atoms with van der Waals surface area (Å²) in [6, 6.07) is 1.13. The van der Waals surface area contributed by atoms with Crippen LogP contribution in [-0.4, -0.2) is 27.4 Å². The summed E-state index contributed by atoms with van der Waals surface area (Å²) in [5, 5.41) is 8.76. The van der Waals surface area contributed by atoms with Gasteiger partial charge in [-0.25, -0.2) is 9.18 Å². The van der Waals surface area contributed by atoms with Gasteiger partial charge in [0.05, 0.1) is 6.61 Å². The Balaban J connectivity index is 2.34. The number of hydrogen-bond donors (Lipinski definition) is 2. The molecule has 0 fully saturated rings. The predicted molar refractivity (Wildman–Crippen MR) is 51.5 cm³/mol. The normalized spacial score (nSPS) is 24.5. The Labute approximate surface area is 88.6 Å². The summed E-state index contributed by atoms with van der Waals surface area (Å²) in [4.78, 5) is 24.2. The standard InChI is InChI=1S/C9H9FN2O4/c10-5-3-8(16-6(5)4-13)12-2-1-7(14)11-9(12)15/h1-3,6,8,13H,4H2,(H,11,14,15)/t6-,8-/m0/s1. The zero-order chi connectivity index (χ0) is 11.7. The molecule has 0 bridgehead atoms. The van der Waals surface area contributed by atoms with E-state index in [1.165, 1.54) is 6.20 Å². The third kappa shape index (κ3) is 1.82. The summed E-state index contributed by atoms with van der Waals surface area (Å²) >= 11 is 0. The highest BCUT2D eigenvalue weighted by molar-refractivity contribution is 5.08. The van der Waals surface area contributed by atoms with Crippen LogP contribution in [0.4, 0.5) is 4.39 Å². The molecule has 0 saturated carbocycles. The average molecular weight is 228 g/mol. The number of nitrogens with one attached hydrogen (secondary N) is 1. The summed E-state index contributed by atoms with van der Waals surface area (Å²) in [5.74, 6) is -0.634. The highest BCUT2D eigenvalue weighted by Gasteiger charge is 2.28. The summed E-state index contributed by atoms with van der Waals surface area (Å²) in [5.41, 5.74) is -1.23. The maximum absolute atomic E-state index is 13.1. The first-order valence-corrected chi connectivity index (χ1v) is 4.57. The Kier molecular flexibility index (Phi) is 2.71. The lowest BCUT2D eigenvalue weighted by atomic mass is 10.3. The van der Waals surface area contributed by atoms with Gasteiger partial charge in [-0.15, -0.1) is 0 Å². The van der Waals surface area contributed by atoms with E-state index in [1.54, 1.807) is 0 Å². The Hall–Kier alpha value is -1.73. The van der Waals surface area contributed by atoms with Crippen LogP contribution in [0.1, 0.15) is 6.23 Å². The third-order valence-corrected chi connectivity index (χ3v) is 2.20. The number of rotatable bonds is 2. The van der Waals surface area contributed by atoms with E-state index < -0.39 is 36.0 Å². The molecular formula is C9H9FN2O4. The van der Waals surface area contributed by atoms with Crippen molar-refractivity contribution >= 4 is 0 Å². The third-order valence-electron chi connectivity index (χ3n) is 2.20. The second-order valence-electron chi connectivity index (χ2n) is 3.27. The second-order valence-corrected chi connectivity index (χ2v) is 3.27. The quantitative estimate of drug-likeness (QED) is 0.699. The number of aliphatic hydroxyl groups is 1. The van der Waals surface area contributed by atoms with Crippen LogP contribution in [0.3, 0.4) is 0 Å². The molecule has 0 aliphatic carbocycles. The predicted octanol–water partition coefficient (Wildman–Crippen LogP) is -0.720. The van der Waals surface area contributed by atoms with Crippen molar-refractivity contribution in [2.45, 2.75) is 12.3 Å². The van der Waals surface area contributed by atoms with Crippen molar-refractivity contribution in [2.75, 3.05) is 6.61 Å². The minimum absolute atomic E-state index is 0.503. The molecule has 16 heavy (non-hydrogen) atoms. The largest absolute Gasteiger partial charge is 0.393 e. The van der Waals surface area contributed by atoms with Crippen molar-refractivity contribution in [3.05, 3.63) is 45.0 Å².